The highest BCUT2D eigenvalue weighted by molar-refractivity contribution is 4.76. The van der Waals surface area contributed by atoms with Gasteiger partial charge in [0, 0.05) is 31.0 Å². The minimum atomic E-state index is 0.178. The number of aromatic nitrogens is 2. The summed E-state index contributed by atoms with van der Waals surface area (Å²) in [6.07, 6.45) is 6.42. The van der Waals surface area contributed by atoms with E-state index in [2.05, 4.69) is 24.1 Å². The zero-order chi connectivity index (χ0) is 10.4. The molecule has 1 heterocycles. The molecule has 0 saturated heterocycles. The molecular weight excluding hydrogens is 178 g/mol. The third-order valence-electron chi connectivity index (χ3n) is 2.08. The molecule has 0 fully saturated rings. The number of aliphatic hydroxyl groups excluding tert-OH is 1. The summed E-state index contributed by atoms with van der Waals surface area (Å²) in [6.45, 7) is 5.25. The van der Waals surface area contributed by atoms with Crippen LogP contribution in [0.4, 0.5) is 0 Å². The maximum Gasteiger partial charge on any atom is 0.0945 e. The fourth-order valence-electron chi connectivity index (χ4n) is 1.42. The predicted octanol–water partition coefficient (Wildman–Crippen LogP) is 0.632. The molecule has 2 N–H and O–H groups in total. The number of nitrogens with zero attached hydrogens (tertiary/aromatic N) is 2. The molecule has 1 aromatic heterocycles. The lowest BCUT2D eigenvalue weighted by Crippen LogP contribution is -2.38. The van der Waals surface area contributed by atoms with Gasteiger partial charge in [0.2, 0.25) is 0 Å². The highest BCUT2D eigenvalue weighted by Gasteiger charge is 2.07. The quantitative estimate of drug-likeness (QED) is 0.703. The van der Waals surface area contributed by atoms with Crippen molar-refractivity contribution < 1.29 is 5.11 Å². The minimum Gasteiger partial charge on any atom is -0.395 e. The second-order valence-electron chi connectivity index (χ2n) is 3.79. The fraction of sp³-hybridized carbons (Fsp3) is 0.700. The van der Waals surface area contributed by atoms with E-state index >= 15 is 0 Å². The van der Waals surface area contributed by atoms with Crippen molar-refractivity contribution in [3.63, 3.8) is 0 Å². The topological polar surface area (TPSA) is 50.1 Å². The molecular formula is C10H19N3O. The van der Waals surface area contributed by atoms with Gasteiger partial charge in [0.05, 0.1) is 12.9 Å². The molecule has 80 valence electrons. The zero-order valence-electron chi connectivity index (χ0n) is 8.85. The van der Waals surface area contributed by atoms with Crippen molar-refractivity contribution in [2.24, 2.45) is 0 Å². The Bertz CT molecular complexity index is 234. The Morgan fingerprint density at radius 3 is 2.79 bits per heavy atom. The Hall–Kier alpha value is -0.870. The zero-order valence-corrected chi connectivity index (χ0v) is 8.85. The van der Waals surface area contributed by atoms with Crippen LogP contribution in [0.2, 0.25) is 0 Å². The van der Waals surface area contributed by atoms with Crippen LogP contribution in [0.5, 0.6) is 0 Å². The first kappa shape index (κ1) is 11.2. The van der Waals surface area contributed by atoms with Gasteiger partial charge >= 0.3 is 0 Å². The summed E-state index contributed by atoms with van der Waals surface area (Å²) in [5.74, 6) is 0. The second-order valence-corrected chi connectivity index (χ2v) is 3.79. The monoisotopic (exact) mass is 197 g/mol. The third kappa shape index (κ3) is 3.89. The maximum absolute atomic E-state index is 9.12. The van der Waals surface area contributed by atoms with Crippen molar-refractivity contribution in [3.05, 3.63) is 18.7 Å². The van der Waals surface area contributed by atoms with Gasteiger partial charge in [-0.05, 0) is 6.42 Å². The Morgan fingerprint density at radius 1 is 1.50 bits per heavy atom. The van der Waals surface area contributed by atoms with Crippen LogP contribution >= 0.6 is 0 Å². The molecule has 0 saturated carbocycles. The highest BCUT2D eigenvalue weighted by Crippen LogP contribution is 1.97. The summed E-state index contributed by atoms with van der Waals surface area (Å²) < 4.78 is 2.02. The molecule has 1 aromatic rings. The van der Waals surface area contributed by atoms with E-state index in [4.69, 9.17) is 5.11 Å². The van der Waals surface area contributed by atoms with E-state index in [0.29, 0.717) is 6.04 Å². The number of rotatable bonds is 6. The molecule has 1 unspecified atom stereocenters. The molecule has 14 heavy (non-hydrogen) atoms. The molecule has 0 spiro atoms. The van der Waals surface area contributed by atoms with E-state index in [1.54, 1.807) is 12.5 Å². The van der Waals surface area contributed by atoms with Crippen molar-refractivity contribution in [3.8, 4) is 0 Å². The van der Waals surface area contributed by atoms with E-state index in [0.717, 1.165) is 13.0 Å². The molecule has 0 aromatic carbocycles. The standard InChI is InChI=1S/C10H19N3O/c1-9(2)12-10(7-14)3-5-13-6-4-11-8-13/h4,6,8-10,12,14H,3,5,7H2,1-2H3. The molecule has 0 aliphatic carbocycles. The van der Waals surface area contributed by atoms with E-state index in [9.17, 15) is 0 Å². The molecule has 0 amide bonds. The molecule has 1 rings (SSSR count). The summed E-state index contributed by atoms with van der Waals surface area (Å²) >= 11 is 0. The van der Waals surface area contributed by atoms with Gasteiger partial charge in [-0.1, -0.05) is 13.8 Å². The minimum absolute atomic E-state index is 0.178. The average Bonchev–Trinajstić information content (AvgIpc) is 2.64. The van der Waals surface area contributed by atoms with E-state index in [-0.39, 0.29) is 12.6 Å². The van der Waals surface area contributed by atoms with Crippen molar-refractivity contribution in [2.45, 2.75) is 38.9 Å². The van der Waals surface area contributed by atoms with Crippen LogP contribution in [-0.2, 0) is 6.54 Å². The lowest BCUT2D eigenvalue weighted by atomic mass is 10.2. The maximum atomic E-state index is 9.12. The van der Waals surface area contributed by atoms with Crippen molar-refractivity contribution in [2.75, 3.05) is 6.61 Å². The number of nitrogens with one attached hydrogen (secondary N) is 1. The Kier molecular flexibility index (Phi) is 4.62. The first-order valence-corrected chi connectivity index (χ1v) is 5.05. The summed E-state index contributed by atoms with van der Waals surface area (Å²) in [7, 11) is 0. The molecule has 4 nitrogen and oxygen atoms in total. The molecule has 0 bridgehead atoms. The van der Waals surface area contributed by atoms with Crippen LogP contribution in [0.1, 0.15) is 20.3 Å². The SMILES string of the molecule is CC(C)NC(CO)CCn1ccnc1. The first-order chi connectivity index (χ1) is 6.72. The highest BCUT2D eigenvalue weighted by atomic mass is 16.3. The van der Waals surface area contributed by atoms with Gasteiger partial charge in [0.25, 0.3) is 0 Å². The molecule has 1 atom stereocenters. The van der Waals surface area contributed by atoms with E-state index in [1.165, 1.54) is 0 Å². The van der Waals surface area contributed by atoms with Gasteiger partial charge < -0.3 is 15.0 Å². The van der Waals surface area contributed by atoms with Crippen LogP contribution in [0, 0.1) is 0 Å². The summed E-state index contributed by atoms with van der Waals surface area (Å²) in [6, 6.07) is 0.590. The first-order valence-electron chi connectivity index (χ1n) is 5.05. The Labute approximate surface area is 85.0 Å². The number of hydrogen-bond acceptors (Lipinski definition) is 3. The lowest BCUT2D eigenvalue weighted by molar-refractivity contribution is 0.224. The van der Waals surface area contributed by atoms with Crippen LogP contribution in [-0.4, -0.2) is 33.3 Å². The number of aryl methyl sites for hydroxylation is 1. The predicted molar refractivity (Wildman–Crippen MR) is 56.0 cm³/mol. The molecule has 0 aliphatic heterocycles. The van der Waals surface area contributed by atoms with Gasteiger partial charge in [-0.25, -0.2) is 4.98 Å². The third-order valence-corrected chi connectivity index (χ3v) is 2.08. The average molecular weight is 197 g/mol. The molecule has 0 radical (unpaired) electrons. The van der Waals surface area contributed by atoms with E-state index < -0.39 is 0 Å². The lowest BCUT2D eigenvalue weighted by Gasteiger charge is -2.18. The van der Waals surface area contributed by atoms with Gasteiger partial charge in [0.15, 0.2) is 0 Å². The molecule has 4 heteroatoms. The van der Waals surface area contributed by atoms with Crippen molar-refractivity contribution >= 4 is 0 Å². The second kappa shape index (κ2) is 5.78. The summed E-state index contributed by atoms with van der Waals surface area (Å²) in [4.78, 5) is 3.97. The molecule has 0 aliphatic rings. The van der Waals surface area contributed by atoms with Crippen LogP contribution in [0.25, 0.3) is 0 Å². The van der Waals surface area contributed by atoms with Gasteiger partial charge in [-0.3, -0.25) is 0 Å². The van der Waals surface area contributed by atoms with Gasteiger partial charge in [-0.15, -0.1) is 0 Å². The Balaban J connectivity index is 2.27. The summed E-state index contributed by atoms with van der Waals surface area (Å²) in [5.41, 5.74) is 0. The van der Waals surface area contributed by atoms with Gasteiger partial charge in [-0.2, -0.15) is 0 Å². The fourth-order valence-corrected chi connectivity index (χ4v) is 1.42. The van der Waals surface area contributed by atoms with E-state index in [1.807, 2.05) is 10.8 Å². The van der Waals surface area contributed by atoms with Crippen LogP contribution < -0.4 is 5.32 Å². The largest absolute Gasteiger partial charge is 0.395 e. The normalized spacial score (nSPS) is 13.4. The Morgan fingerprint density at radius 2 is 2.29 bits per heavy atom. The van der Waals surface area contributed by atoms with Crippen molar-refractivity contribution in [1.29, 1.82) is 0 Å². The number of hydrogen-bond donors (Lipinski definition) is 2. The van der Waals surface area contributed by atoms with Crippen LogP contribution in [0.15, 0.2) is 18.7 Å². The van der Waals surface area contributed by atoms with Crippen molar-refractivity contribution in [1.82, 2.24) is 14.9 Å². The van der Waals surface area contributed by atoms with Crippen LogP contribution in [0.3, 0.4) is 0 Å². The smallest absolute Gasteiger partial charge is 0.0945 e. The summed E-state index contributed by atoms with van der Waals surface area (Å²) in [5, 5.41) is 12.4. The number of imidazole rings is 1. The number of aliphatic hydroxyl groups is 1. The van der Waals surface area contributed by atoms with Gasteiger partial charge in [0.1, 0.15) is 0 Å².